The zero-order chi connectivity index (χ0) is 24.4. The molecule has 1 amide bonds. The second kappa shape index (κ2) is 9.82. The number of hydrogen-bond acceptors (Lipinski definition) is 5. The van der Waals surface area contributed by atoms with Crippen LogP contribution in [0, 0.1) is 0 Å². The van der Waals surface area contributed by atoms with Gasteiger partial charge in [-0.1, -0.05) is 47.5 Å². The molecule has 0 fully saturated rings. The molecule has 1 aromatic heterocycles. The highest BCUT2D eigenvalue weighted by molar-refractivity contribution is 6.30. The van der Waals surface area contributed by atoms with Crippen molar-refractivity contribution in [2.45, 2.75) is 19.6 Å². The van der Waals surface area contributed by atoms with Crippen molar-refractivity contribution in [2.24, 2.45) is 0 Å². The Labute approximate surface area is 212 Å². The summed E-state index contributed by atoms with van der Waals surface area (Å²) < 4.78 is 7.73. The van der Waals surface area contributed by atoms with Crippen LogP contribution in [-0.2, 0) is 11.4 Å². The lowest BCUT2D eigenvalue weighted by Gasteiger charge is -2.29. The molecule has 4 aromatic rings. The van der Waals surface area contributed by atoms with E-state index in [1.165, 1.54) is 6.33 Å². The molecule has 176 valence electrons. The molecule has 0 radical (unpaired) electrons. The number of nitrogens with zero attached hydrogens (tertiary/aromatic N) is 3. The molecule has 0 spiro atoms. The third-order valence-corrected chi connectivity index (χ3v) is 6.14. The fourth-order valence-corrected chi connectivity index (χ4v) is 4.20. The number of fused-ring (bicyclic) bond motifs is 1. The lowest BCUT2D eigenvalue weighted by Crippen LogP contribution is -2.31. The normalized spacial score (nSPS) is 14.8. The Morgan fingerprint density at radius 3 is 2.51 bits per heavy atom. The molecule has 0 saturated heterocycles. The van der Waals surface area contributed by atoms with Gasteiger partial charge in [0, 0.05) is 21.4 Å². The molecule has 0 aliphatic carbocycles. The van der Waals surface area contributed by atoms with Crippen LogP contribution >= 0.6 is 23.2 Å². The van der Waals surface area contributed by atoms with Crippen molar-refractivity contribution < 1.29 is 9.53 Å². The highest BCUT2D eigenvalue weighted by atomic mass is 35.5. The van der Waals surface area contributed by atoms with Crippen LogP contribution in [0.5, 0.6) is 5.75 Å². The fraction of sp³-hybridized carbons (Fsp3) is 0.115. The van der Waals surface area contributed by atoms with Gasteiger partial charge in [0.1, 0.15) is 24.7 Å². The van der Waals surface area contributed by atoms with Crippen LogP contribution < -0.4 is 15.4 Å². The van der Waals surface area contributed by atoms with Crippen molar-refractivity contribution in [3.63, 3.8) is 0 Å². The molecule has 3 aromatic carbocycles. The molecule has 0 saturated carbocycles. The lowest BCUT2D eigenvalue weighted by atomic mass is 9.95. The van der Waals surface area contributed by atoms with Gasteiger partial charge in [-0.25, -0.2) is 4.68 Å². The van der Waals surface area contributed by atoms with Crippen molar-refractivity contribution in [3.05, 3.63) is 112 Å². The van der Waals surface area contributed by atoms with E-state index in [1.807, 2.05) is 55.5 Å². The molecule has 5 rings (SSSR count). The first-order valence-corrected chi connectivity index (χ1v) is 11.6. The third-order valence-electron chi connectivity index (χ3n) is 5.63. The van der Waals surface area contributed by atoms with E-state index in [0.717, 1.165) is 11.1 Å². The average molecular weight is 506 g/mol. The minimum Gasteiger partial charge on any atom is -0.489 e. The smallest absolute Gasteiger partial charge is 0.255 e. The van der Waals surface area contributed by atoms with Crippen LogP contribution in [0.25, 0.3) is 0 Å². The number of aromatic nitrogens is 3. The largest absolute Gasteiger partial charge is 0.489 e. The molecular formula is C26H21Cl2N5O2. The van der Waals surface area contributed by atoms with Crippen molar-refractivity contribution >= 4 is 40.7 Å². The van der Waals surface area contributed by atoms with Gasteiger partial charge >= 0.3 is 0 Å². The van der Waals surface area contributed by atoms with E-state index in [4.69, 9.17) is 27.9 Å². The Hall–Kier alpha value is -3.81. The molecule has 7 nitrogen and oxygen atoms in total. The highest BCUT2D eigenvalue weighted by Crippen LogP contribution is 2.36. The van der Waals surface area contributed by atoms with E-state index in [2.05, 4.69) is 20.7 Å². The van der Waals surface area contributed by atoms with Gasteiger partial charge in [-0.05, 0) is 66.6 Å². The first kappa shape index (κ1) is 23.0. The molecule has 1 aliphatic rings. The van der Waals surface area contributed by atoms with Gasteiger partial charge in [-0.3, -0.25) is 4.79 Å². The van der Waals surface area contributed by atoms with Crippen molar-refractivity contribution in [3.8, 4) is 5.75 Å². The van der Waals surface area contributed by atoms with Gasteiger partial charge in [0.2, 0.25) is 5.95 Å². The Kier molecular flexibility index (Phi) is 6.44. The minimum absolute atomic E-state index is 0.254. The maximum atomic E-state index is 13.5. The third kappa shape index (κ3) is 5.01. The quantitative estimate of drug-likeness (QED) is 0.331. The van der Waals surface area contributed by atoms with Gasteiger partial charge in [-0.2, -0.15) is 10.1 Å². The summed E-state index contributed by atoms with van der Waals surface area (Å²) >= 11 is 12.0. The van der Waals surface area contributed by atoms with E-state index in [-0.39, 0.29) is 5.91 Å². The number of nitrogens with one attached hydrogen (secondary N) is 2. The number of ether oxygens (including phenoxy) is 1. The van der Waals surface area contributed by atoms with Crippen LogP contribution in [-0.4, -0.2) is 20.7 Å². The maximum Gasteiger partial charge on any atom is 0.255 e. The van der Waals surface area contributed by atoms with E-state index in [9.17, 15) is 4.79 Å². The predicted molar refractivity (Wildman–Crippen MR) is 137 cm³/mol. The number of halogens is 2. The van der Waals surface area contributed by atoms with Crippen LogP contribution in [0.3, 0.4) is 0 Å². The summed E-state index contributed by atoms with van der Waals surface area (Å²) in [7, 11) is 0. The van der Waals surface area contributed by atoms with E-state index in [0.29, 0.717) is 45.3 Å². The Morgan fingerprint density at radius 1 is 1.06 bits per heavy atom. The maximum absolute atomic E-state index is 13.5. The molecule has 2 N–H and O–H groups in total. The first-order chi connectivity index (χ1) is 17.0. The fourth-order valence-electron chi connectivity index (χ4n) is 3.95. The van der Waals surface area contributed by atoms with Crippen molar-refractivity contribution in [2.75, 3.05) is 10.6 Å². The van der Waals surface area contributed by atoms with Crippen molar-refractivity contribution in [1.82, 2.24) is 14.8 Å². The highest BCUT2D eigenvalue weighted by Gasteiger charge is 2.33. The molecule has 0 bridgehead atoms. The number of hydrogen-bond donors (Lipinski definition) is 2. The molecular weight excluding hydrogens is 485 g/mol. The van der Waals surface area contributed by atoms with Crippen LogP contribution in [0.15, 0.2) is 90.4 Å². The van der Waals surface area contributed by atoms with E-state index < -0.39 is 6.04 Å². The lowest BCUT2D eigenvalue weighted by molar-refractivity contribution is -0.113. The van der Waals surface area contributed by atoms with Gasteiger partial charge in [0.15, 0.2) is 0 Å². The summed E-state index contributed by atoms with van der Waals surface area (Å²) in [6.07, 6.45) is 1.46. The topological polar surface area (TPSA) is 81.1 Å². The van der Waals surface area contributed by atoms with Crippen LogP contribution in [0.1, 0.15) is 24.1 Å². The van der Waals surface area contributed by atoms with Gasteiger partial charge in [0.25, 0.3) is 5.91 Å². The van der Waals surface area contributed by atoms with Crippen molar-refractivity contribution in [1.29, 1.82) is 0 Å². The zero-order valence-corrected chi connectivity index (χ0v) is 20.2. The number of rotatable bonds is 6. The van der Waals surface area contributed by atoms with E-state index >= 15 is 0 Å². The molecule has 2 heterocycles. The second-order valence-electron chi connectivity index (χ2n) is 8.04. The second-order valence-corrected chi connectivity index (χ2v) is 8.92. The van der Waals surface area contributed by atoms with Crippen LogP contribution in [0.4, 0.5) is 11.6 Å². The molecule has 9 heteroatoms. The number of carbonyl (C=O) groups is 1. The molecule has 0 unspecified atom stereocenters. The first-order valence-electron chi connectivity index (χ1n) is 10.9. The summed E-state index contributed by atoms with van der Waals surface area (Å²) in [5.74, 6) is 0.978. The average Bonchev–Trinajstić information content (AvgIpc) is 3.32. The number of anilines is 2. The predicted octanol–water partition coefficient (Wildman–Crippen LogP) is 6.09. The van der Waals surface area contributed by atoms with Gasteiger partial charge in [0.05, 0.1) is 5.57 Å². The summed E-state index contributed by atoms with van der Waals surface area (Å²) in [6.45, 7) is 2.24. The summed E-state index contributed by atoms with van der Waals surface area (Å²) in [6, 6.07) is 21.6. The Morgan fingerprint density at radius 2 is 1.77 bits per heavy atom. The SMILES string of the molecule is CC1=C(C(=O)Nc2ccc(Cl)cc2)[C@H](c2cccc(OCc3ccc(Cl)cc3)c2)n2ncnc2N1. The van der Waals surface area contributed by atoms with E-state index in [1.54, 1.807) is 28.9 Å². The number of carbonyl (C=O) groups excluding carboxylic acids is 1. The minimum atomic E-state index is -0.500. The number of benzene rings is 3. The number of allylic oxidation sites excluding steroid dienone is 1. The number of amides is 1. The Bertz CT molecular complexity index is 1400. The standard InChI is InChI=1S/C26H21Cl2N5O2/c1-16-23(25(34)32-21-11-9-20(28)10-12-21)24(33-26(31-16)29-15-30-33)18-3-2-4-22(13-18)35-14-17-5-7-19(27)8-6-17/h2-13,15,24H,14H2,1H3,(H,32,34)(H,29,30,31)/t24-/m0/s1. The monoisotopic (exact) mass is 505 g/mol. The molecule has 1 atom stereocenters. The molecule has 1 aliphatic heterocycles. The summed E-state index contributed by atoms with van der Waals surface area (Å²) in [5.41, 5.74) is 3.69. The van der Waals surface area contributed by atoms with Gasteiger partial charge in [-0.15, -0.1) is 0 Å². The zero-order valence-electron chi connectivity index (χ0n) is 18.7. The Balaban J connectivity index is 1.45. The van der Waals surface area contributed by atoms with Gasteiger partial charge < -0.3 is 15.4 Å². The summed E-state index contributed by atoms with van der Waals surface area (Å²) in [5, 5.41) is 11.8. The molecule has 35 heavy (non-hydrogen) atoms. The summed E-state index contributed by atoms with van der Waals surface area (Å²) in [4.78, 5) is 17.7. The van der Waals surface area contributed by atoms with Crippen LogP contribution in [0.2, 0.25) is 10.0 Å².